The van der Waals surface area contributed by atoms with Crippen LogP contribution in [0.15, 0.2) is 29.3 Å². The number of likely N-dealkylation sites (tertiary alicyclic amines) is 1. The molecule has 1 amide bonds. The van der Waals surface area contributed by atoms with Crippen molar-refractivity contribution in [1.29, 1.82) is 0 Å². The predicted octanol–water partition coefficient (Wildman–Crippen LogP) is 1.41. The molecule has 2 atom stereocenters. The summed E-state index contributed by atoms with van der Waals surface area (Å²) in [5, 5.41) is 9.19. The Morgan fingerprint density at radius 1 is 1.28 bits per heavy atom. The van der Waals surface area contributed by atoms with E-state index in [0.29, 0.717) is 23.6 Å². The maximum absolute atomic E-state index is 12.9. The molecule has 2 aliphatic rings. The Labute approximate surface area is 147 Å². The van der Waals surface area contributed by atoms with E-state index in [2.05, 4.69) is 32.8 Å². The second-order valence-corrected chi connectivity index (χ2v) is 6.89. The van der Waals surface area contributed by atoms with Crippen LogP contribution >= 0.6 is 0 Å². The number of rotatable bonds is 5. The van der Waals surface area contributed by atoms with Crippen LogP contribution in [0.5, 0.6) is 0 Å². The summed E-state index contributed by atoms with van der Waals surface area (Å²) in [5.74, 6) is 0.649. The highest BCUT2D eigenvalue weighted by atomic mass is 19.1. The molecule has 2 fully saturated rings. The molecule has 1 heterocycles. The third-order valence-corrected chi connectivity index (χ3v) is 4.79. The molecule has 0 aromatic heterocycles. The highest BCUT2D eigenvalue weighted by Crippen LogP contribution is 2.31. The van der Waals surface area contributed by atoms with Gasteiger partial charge in [0.25, 0.3) is 0 Å². The highest BCUT2D eigenvalue weighted by Gasteiger charge is 2.38. The van der Waals surface area contributed by atoms with Gasteiger partial charge in [-0.2, -0.15) is 0 Å². The van der Waals surface area contributed by atoms with Crippen LogP contribution < -0.4 is 16.0 Å². The average molecular weight is 347 g/mol. The average Bonchev–Trinajstić information content (AvgIpc) is 3.38. The van der Waals surface area contributed by atoms with Gasteiger partial charge < -0.3 is 16.0 Å². The van der Waals surface area contributed by atoms with E-state index in [1.54, 1.807) is 7.05 Å². The van der Waals surface area contributed by atoms with E-state index in [-0.39, 0.29) is 18.3 Å². The molecule has 0 spiro atoms. The van der Waals surface area contributed by atoms with Gasteiger partial charge in [-0.25, -0.2) is 4.39 Å². The molecule has 1 aliphatic heterocycles. The molecule has 6 nitrogen and oxygen atoms in total. The number of hydrogen-bond donors (Lipinski definition) is 3. The Kier molecular flexibility index (Phi) is 5.53. The van der Waals surface area contributed by atoms with Crippen molar-refractivity contribution in [3.05, 3.63) is 30.1 Å². The van der Waals surface area contributed by atoms with Crippen molar-refractivity contribution in [2.45, 2.75) is 31.8 Å². The minimum Gasteiger partial charge on any atom is -0.352 e. The van der Waals surface area contributed by atoms with Crippen LogP contribution in [0.25, 0.3) is 0 Å². The summed E-state index contributed by atoms with van der Waals surface area (Å²) in [6.07, 6.45) is 2.63. The van der Waals surface area contributed by atoms with E-state index in [9.17, 15) is 9.18 Å². The molecular formula is C18H26FN5O. The quantitative estimate of drug-likeness (QED) is 0.556. The normalized spacial score (nSPS) is 24.2. The standard InChI is InChI=1S/C18H26FN5O/c1-12-10-24(15-7-8-15)11-16(12)23-18(20-2)21-9-17(25)22-14-5-3-13(19)4-6-14/h3-6,12,15-16H,7-11H2,1-2H3,(H,22,25)(H2,20,21,23). The summed E-state index contributed by atoms with van der Waals surface area (Å²) in [6.45, 7) is 4.48. The van der Waals surface area contributed by atoms with E-state index in [1.807, 2.05) is 0 Å². The third-order valence-electron chi connectivity index (χ3n) is 4.79. The number of amides is 1. The van der Waals surface area contributed by atoms with E-state index >= 15 is 0 Å². The van der Waals surface area contributed by atoms with Gasteiger partial charge in [-0.15, -0.1) is 0 Å². The van der Waals surface area contributed by atoms with Crippen molar-refractivity contribution in [2.75, 3.05) is 32.0 Å². The summed E-state index contributed by atoms with van der Waals surface area (Å²) in [4.78, 5) is 18.8. The fourth-order valence-corrected chi connectivity index (χ4v) is 3.20. The van der Waals surface area contributed by atoms with Gasteiger partial charge in [0, 0.05) is 37.9 Å². The molecule has 0 bridgehead atoms. The fourth-order valence-electron chi connectivity index (χ4n) is 3.20. The Balaban J connectivity index is 1.44. The van der Waals surface area contributed by atoms with Gasteiger partial charge in [-0.3, -0.25) is 14.7 Å². The van der Waals surface area contributed by atoms with Gasteiger partial charge in [-0.1, -0.05) is 6.92 Å². The van der Waals surface area contributed by atoms with E-state index in [4.69, 9.17) is 0 Å². The highest BCUT2D eigenvalue weighted by molar-refractivity contribution is 5.95. The molecule has 25 heavy (non-hydrogen) atoms. The van der Waals surface area contributed by atoms with Crippen molar-refractivity contribution in [3.8, 4) is 0 Å². The number of nitrogens with one attached hydrogen (secondary N) is 3. The maximum Gasteiger partial charge on any atom is 0.243 e. The lowest BCUT2D eigenvalue weighted by atomic mass is 10.1. The number of aliphatic imine (C=N–C) groups is 1. The molecule has 1 aromatic rings. The van der Waals surface area contributed by atoms with Gasteiger partial charge in [-0.05, 0) is 43.0 Å². The second kappa shape index (κ2) is 7.82. The smallest absolute Gasteiger partial charge is 0.243 e. The first-order chi connectivity index (χ1) is 12.0. The zero-order valence-corrected chi connectivity index (χ0v) is 14.8. The van der Waals surface area contributed by atoms with Crippen molar-refractivity contribution in [1.82, 2.24) is 15.5 Å². The molecular weight excluding hydrogens is 321 g/mol. The molecule has 1 aromatic carbocycles. The number of benzene rings is 1. The number of nitrogens with zero attached hydrogens (tertiary/aromatic N) is 2. The van der Waals surface area contributed by atoms with Crippen LogP contribution in [0.4, 0.5) is 10.1 Å². The first-order valence-corrected chi connectivity index (χ1v) is 8.82. The van der Waals surface area contributed by atoms with Crippen LogP contribution in [0.3, 0.4) is 0 Å². The summed E-state index contributed by atoms with van der Waals surface area (Å²) in [6, 6.07) is 6.81. The predicted molar refractivity (Wildman–Crippen MR) is 97.1 cm³/mol. The van der Waals surface area contributed by atoms with E-state index in [0.717, 1.165) is 19.1 Å². The number of guanidine groups is 1. The minimum absolute atomic E-state index is 0.102. The number of anilines is 1. The van der Waals surface area contributed by atoms with Crippen LogP contribution in [0.2, 0.25) is 0 Å². The Morgan fingerprint density at radius 2 is 2.00 bits per heavy atom. The number of carbonyl (C=O) groups is 1. The number of hydrogen-bond acceptors (Lipinski definition) is 3. The van der Waals surface area contributed by atoms with Crippen molar-refractivity contribution >= 4 is 17.6 Å². The molecule has 1 saturated heterocycles. The van der Waals surface area contributed by atoms with E-state index in [1.165, 1.54) is 37.1 Å². The number of carbonyl (C=O) groups excluding carboxylic acids is 1. The van der Waals surface area contributed by atoms with Crippen LogP contribution in [-0.4, -0.2) is 55.5 Å². The Bertz CT molecular complexity index is 629. The molecule has 1 aliphatic carbocycles. The van der Waals surface area contributed by atoms with Crippen LogP contribution in [0.1, 0.15) is 19.8 Å². The summed E-state index contributed by atoms with van der Waals surface area (Å²) in [5.41, 5.74) is 0.570. The Hall–Kier alpha value is -2.15. The summed E-state index contributed by atoms with van der Waals surface area (Å²) >= 11 is 0. The first kappa shape index (κ1) is 17.7. The zero-order chi connectivity index (χ0) is 17.8. The molecule has 7 heteroatoms. The SMILES string of the molecule is CN=C(NCC(=O)Nc1ccc(F)cc1)NC1CN(C2CC2)CC1C. The molecule has 0 radical (unpaired) electrons. The Morgan fingerprint density at radius 3 is 2.64 bits per heavy atom. The van der Waals surface area contributed by atoms with Gasteiger partial charge in [0.2, 0.25) is 5.91 Å². The molecule has 2 unspecified atom stereocenters. The monoisotopic (exact) mass is 347 g/mol. The van der Waals surface area contributed by atoms with Crippen molar-refractivity contribution in [2.24, 2.45) is 10.9 Å². The molecule has 3 N–H and O–H groups in total. The first-order valence-electron chi connectivity index (χ1n) is 8.82. The molecule has 1 saturated carbocycles. The second-order valence-electron chi connectivity index (χ2n) is 6.89. The van der Waals surface area contributed by atoms with Crippen LogP contribution in [-0.2, 0) is 4.79 Å². The lowest BCUT2D eigenvalue weighted by Gasteiger charge is -2.20. The largest absolute Gasteiger partial charge is 0.352 e. The lowest BCUT2D eigenvalue weighted by Crippen LogP contribution is -2.48. The maximum atomic E-state index is 12.9. The molecule has 3 rings (SSSR count). The summed E-state index contributed by atoms with van der Waals surface area (Å²) < 4.78 is 12.9. The van der Waals surface area contributed by atoms with Crippen molar-refractivity contribution < 1.29 is 9.18 Å². The lowest BCUT2D eigenvalue weighted by molar-refractivity contribution is -0.115. The fraction of sp³-hybridized carbons (Fsp3) is 0.556. The van der Waals surface area contributed by atoms with Crippen LogP contribution in [0, 0.1) is 11.7 Å². The van der Waals surface area contributed by atoms with Gasteiger partial charge in [0.05, 0.1) is 6.54 Å². The summed E-state index contributed by atoms with van der Waals surface area (Å²) in [7, 11) is 1.70. The minimum atomic E-state index is -0.327. The van der Waals surface area contributed by atoms with Crippen molar-refractivity contribution in [3.63, 3.8) is 0 Å². The molecule has 136 valence electrons. The third kappa shape index (κ3) is 4.92. The number of halogens is 1. The zero-order valence-electron chi connectivity index (χ0n) is 14.8. The van der Waals surface area contributed by atoms with E-state index < -0.39 is 0 Å². The van der Waals surface area contributed by atoms with Gasteiger partial charge in [0.15, 0.2) is 5.96 Å². The topological polar surface area (TPSA) is 68.8 Å². The van der Waals surface area contributed by atoms with Gasteiger partial charge in [0.1, 0.15) is 5.82 Å². The van der Waals surface area contributed by atoms with Gasteiger partial charge >= 0.3 is 0 Å².